The minimum Gasteiger partial charge on any atom is -0.490 e. The highest BCUT2D eigenvalue weighted by atomic mass is 19.4. The molecule has 0 amide bonds. The minimum absolute atomic E-state index is 0.0112. The molecule has 468 valence electrons. The lowest BCUT2D eigenvalue weighted by Gasteiger charge is -2.44. The van der Waals surface area contributed by atoms with Crippen LogP contribution < -0.4 is 14.0 Å². The highest BCUT2D eigenvalue weighted by Gasteiger charge is 2.48. The van der Waals surface area contributed by atoms with Crippen LogP contribution in [0.5, 0.6) is 17.2 Å². The number of hydrogen-bond donors (Lipinski definition) is 0. The van der Waals surface area contributed by atoms with Crippen molar-refractivity contribution in [3.63, 3.8) is 0 Å². The summed E-state index contributed by atoms with van der Waals surface area (Å²) in [5.74, 6) is -4.58. The molecule has 4 aromatic carbocycles. The van der Waals surface area contributed by atoms with Gasteiger partial charge in [-0.1, -0.05) is 95.1 Å². The lowest BCUT2D eigenvalue weighted by molar-refractivity contribution is -0.953. The molecule has 0 aliphatic heterocycles. The van der Waals surface area contributed by atoms with Crippen LogP contribution in [0, 0.1) is 6.07 Å². The molecule has 0 aliphatic rings. The van der Waals surface area contributed by atoms with Crippen molar-refractivity contribution in [1.29, 1.82) is 0 Å². The topological polar surface area (TPSA) is 27.7 Å². The summed E-state index contributed by atoms with van der Waals surface area (Å²) < 4.78 is 344. The van der Waals surface area contributed by atoms with E-state index in [-0.39, 0.29) is 79.4 Å². The number of alkyl halides is 24. The Hall–Kier alpha value is -5.38. The van der Waals surface area contributed by atoms with E-state index >= 15 is 13.2 Å². The van der Waals surface area contributed by atoms with E-state index in [0.29, 0.717) is 25.0 Å². The van der Waals surface area contributed by atoms with Gasteiger partial charge in [-0.15, -0.1) is 6.07 Å². The molecule has 0 aliphatic carbocycles. The summed E-state index contributed by atoms with van der Waals surface area (Å²) in [6.07, 6.45) is -31.8. The predicted molar refractivity (Wildman–Crippen MR) is 257 cm³/mol. The average molecular weight is 1240 g/mol. The van der Waals surface area contributed by atoms with Gasteiger partial charge in [-0.3, -0.25) is 0 Å². The molecule has 0 N–H and O–H groups in total. The number of benzene rings is 4. The average Bonchev–Trinajstić information content (AvgIpc) is 3.28. The summed E-state index contributed by atoms with van der Waals surface area (Å²) in [6.45, 7) is 6.97. The van der Waals surface area contributed by atoms with Crippen LogP contribution in [0.3, 0.4) is 0 Å². The molecular formula is C54H58BF24NO3. The Bertz CT molecular complexity index is 2450. The largest absolute Gasteiger partial charge is 0.864 e. The van der Waals surface area contributed by atoms with Crippen LogP contribution in [0.4, 0.5) is 105 Å². The number of halogens is 24. The normalized spacial score (nSPS) is 13.6. The van der Waals surface area contributed by atoms with Gasteiger partial charge in [0.2, 0.25) is 0 Å². The van der Waals surface area contributed by atoms with Gasteiger partial charge in [-0.2, -0.15) is 124 Å². The number of quaternary nitrogens is 1. The summed E-state index contributed by atoms with van der Waals surface area (Å²) in [6, 6.07) is -0.213. The molecule has 0 spiro atoms. The van der Waals surface area contributed by atoms with Crippen LogP contribution in [0.15, 0.2) is 66.7 Å². The lowest BCUT2D eigenvalue weighted by Crippen LogP contribution is -2.51. The Kier molecular flexibility index (Phi) is 25.2. The van der Waals surface area contributed by atoms with Gasteiger partial charge in [0, 0.05) is 6.42 Å². The monoisotopic (exact) mass is 1240 g/mol. The van der Waals surface area contributed by atoms with E-state index in [4.69, 9.17) is 14.0 Å². The first-order valence-corrected chi connectivity index (χ1v) is 25.9. The highest BCUT2D eigenvalue weighted by Crippen LogP contribution is 2.49. The second-order valence-corrected chi connectivity index (χ2v) is 19.3. The molecule has 4 nitrogen and oxygen atoms in total. The second-order valence-electron chi connectivity index (χ2n) is 19.3. The van der Waals surface area contributed by atoms with Gasteiger partial charge in [0.15, 0.2) is 0 Å². The smallest absolute Gasteiger partial charge is 0.490 e. The summed E-state index contributed by atoms with van der Waals surface area (Å²) in [5.41, 5.74) is -16.1. The predicted octanol–water partition coefficient (Wildman–Crippen LogP) is 21.2. The molecule has 4 rings (SSSR count). The van der Waals surface area contributed by atoms with Crippen molar-refractivity contribution < 1.29 is 124 Å². The molecule has 0 aromatic heterocycles. The second kappa shape index (κ2) is 29.1. The van der Waals surface area contributed by atoms with Gasteiger partial charge in [-0.25, -0.2) is 0 Å². The molecule has 0 heterocycles. The highest BCUT2D eigenvalue weighted by molar-refractivity contribution is 6.39. The van der Waals surface area contributed by atoms with Gasteiger partial charge in [-0.05, 0) is 75.7 Å². The van der Waals surface area contributed by atoms with E-state index in [9.17, 15) is 92.2 Å². The zero-order valence-corrected chi connectivity index (χ0v) is 44.8. The molecule has 0 bridgehead atoms. The fraction of sp³-hybridized carbons (Fsp3) is 0.556. The first-order chi connectivity index (χ1) is 38.0. The van der Waals surface area contributed by atoms with Crippen molar-refractivity contribution in [2.75, 3.05) is 19.6 Å². The van der Waals surface area contributed by atoms with E-state index in [0.717, 1.165) is 57.8 Å². The van der Waals surface area contributed by atoms with Crippen molar-refractivity contribution in [2.24, 2.45) is 0 Å². The number of unbranched alkanes of at least 4 members (excludes halogenated alkanes) is 12. The Morgan fingerprint density at radius 1 is 0.361 bits per heavy atom. The molecular weight excluding hydrogens is 1180 g/mol. The SMILES string of the molecule is CCCCCCCCCCCCCCCC(c1c(OB(Oc2cc(C(F)(F)F)cc(C(F)(F)F)c2)Oc2cc(C(F)(F)F)cc(C(F)(F)F)c2)cc(C(F)(F)F)cc1C(F)(F)F)[N+](CC)(CC)CC.FC(F)(F)c1c[c-]cc(C(F)(F)F)c1. The first kappa shape index (κ1) is 71.9. The Morgan fingerprint density at radius 2 is 0.663 bits per heavy atom. The third-order valence-corrected chi connectivity index (χ3v) is 13.5. The molecule has 1 unspecified atom stereocenters. The third kappa shape index (κ3) is 22.2. The Labute approximate surface area is 463 Å². The Balaban J connectivity index is 0.00000112. The van der Waals surface area contributed by atoms with Crippen molar-refractivity contribution in [3.8, 4) is 17.2 Å². The van der Waals surface area contributed by atoms with E-state index in [2.05, 4.69) is 6.92 Å². The van der Waals surface area contributed by atoms with Crippen LogP contribution >= 0.6 is 0 Å². The molecule has 29 heteroatoms. The molecule has 0 saturated heterocycles. The fourth-order valence-corrected chi connectivity index (χ4v) is 9.03. The number of hydrogen-bond acceptors (Lipinski definition) is 3. The van der Waals surface area contributed by atoms with E-state index in [1.165, 1.54) is 6.42 Å². The zero-order valence-electron chi connectivity index (χ0n) is 44.8. The minimum atomic E-state index is -5.64. The van der Waals surface area contributed by atoms with Gasteiger partial charge in [0.05, 0.1) is 58.6 Å². The molecule has 0 radical (unpaired) electrons. The zero-order chi connectivity index (χ0) is 63.2. The van der Waals surface area contributed by atoms with Crippen molar-refractivity contribution in [2.45, 2.75) is 173 Å². The van der Waals surface area contributed by atoms with Crippen molar-refractivity contribution >= 4 is 7.32 Å². The van der Waals surface area contributed by atoms with E-state index in [1.807, 2.05) is 0 Å². The lowest BCUT2D eigenvalue weighted by atomic mass is 9.89. The molecule has 1 atom stereocenters. The molecule has 4 aromatic rings. The van der Waals surface area contributed by atoms with Crippen LogP contribution in [0.2, 0.25) is 0 Å². The van der Waals surface area contributed by atoms with Crippen molar-refractivity contribution in [3.05, 3.63) is 123 Å². The maximum absolute atomic E-state index is 15.3. The van der Waals surface area contributed by atoms with Gasteiger partial charge >= 0.3 is 56.7 Å². The van der Waals surface area contributed by atoms with Crippen LogP contribution in [-0.4, -0.2) is 31.4 Å². The maximum atomic E-state index is 15.3. The van der Waals surface area contributed by atoms with Gasteiger partial charge in [0.25, 0.3) is 0 Å². The standard InChI is InChI=1S/C46H55BF18NO3.C8H3F6/c1-5-9-10-11-12-13-14-15-16-17-18-19-20-21-38(66(6-2,7-3)8-4)40-37(46(63,64)65)28-34(45(60,61)62)29-39(40)69-47(67-35-24-30(41(48,49)50)22-31(25-35)42(51,52)53)68-36-26-32(43(54,55)56)23-33(27-36)44(57,58)59;9-7(10,11)5-2-1-3-6(4-5)8(12,13)14/h22-29,38H,5-21H2,1-4H3;2-4H/q+1;-1. The van der Waals surface area contributed by atoms with Crippen molar-refractivity contribution in [1.82, 2.24) is 0 Å². The summed E-state index contributed by atoms with van der Waals surface area (Å²) in [7, 11) is -3.27. The first-order valence-electron chi connectivity index (χ1n) is 25.9. The fourth-order valence-electron chi connectivity index (χ4n) is 9.03. The van der Waals surface area contributed by atoms with Crippen LogP contribution in [0.1, 0.15) is 174 Å². The molecule has 0 saturated carbocycles. The van der Waals surface area contributed by atoms with Gasteiger partial charge in [0.1, 0.15) is 23.3 Å². The van der Waals surface area contributed by atoms with Crippen LogP contribution in [0.25, 0.3) is 0 Å². The van der Waals surface area contributed by atoms with E-state index in [1.54, 1.807) is 26.8 Å². The van der Waals surface area contributed by atoms with Gasteiger partial charge < -0.3 is 18.4 Å². The molecule has 83 heavy (non-hydrogen) atoms. The molecule has 0 fully saturated rings. The summed E-state index contributed by atoms with van der Waals surface area (Å²) >= 11 is 0. The maximum Gasteiger partial charge on any atom is 0.864 e. The summed E-state index contributed by atoms with van der Waals surface area (Å²) in [5, 5.41) is 0. The quantitative estimate of drug-likeness (QED) is 0.0218. The number of nitrogens with zero attached hydrogens (tertiary/aromatic N) is 1. The number of rotatable bonds is 25. The Morgan fingerprint density at radius 3 is 0.964 bits per heavy atom. The van der Waals surface area contributed by atoms with E-state index < -0.39 is 142 Å². The van der Waals surface area contributed by atoms with Crippen LogP contribution in [-0.2, 0) is 49.4 Å². The third-order valence-electron chi connectivity index (χ3n) is 13.5. The summed E-state index contributed by atoms with van der Waals surface area (Å²) in [4.78, 5) is 0.